The van der Waals surface area contributed by atoms with Gasteiger partial charge in [-0.15, -0.1) is 10.2 Å². The first-order valence-corrected chi connectivity index (χ1v) is 10.5. The van der Waals surface area contributed by atoms with Gasteiger partial charge in [-0.3, -0.25) is 9.20 Å². The molecular formula is C20H20N6OS. The van der Waals surface area contributed by atoms with E-state index in [1.807, 2.05) is 57.7 Å². The second kappa shape index (κ2) is 7.27. The van der Waals surface area contributed by atoms with Crippen LogP contribution in [0.15, 0.2) is 53.9 Å². The average molecular weight is 392 g/mol. The first-order valence-electron chi connectivity index (χ1n) is 9.49. The third kappa shape index (κ3) is 3.24. The van der Waals surface area contributed by atoms with Crippen LogP contribution in [-0.4, -0.2) is 41.9 Å². The van der Waals surface area contributed by atoms with Crippen LogP contribution in [0.4, 0.5) is 0 Å². The van der Waals surface area contributed by atoms with Crippen molar-refractivity contribution in [3.8, 4) is 11.3 Å². The molecule has 1 aliphatic rings. The second-order valence-corrected chi connectivity index (χ2v) is 7.98. The Balaban J connectivity index is 1.38. The number of benzene rings is 1. The monoisotopic (exact) mass is 392 g/mol. The van der Waals surface area contributed by atoms with E-state index in [0.29, 0.717) is 17.0 Å². The number of thioether (sulfide) groups is 1. The molecule has 1 amide bonds. The summed E-state index contributed by atoms with van der Waals surface area (Å²) in [5.74, 6) is 0.405. The maximum atomic E-state index is 12.2. The first kappa shape index (κ1) is 17.2. The number of fused-ring (bicyclic) bond motifs is 3. The van der Waals surface area contributed by atoms with Gasteiger partial charge in [-0.05, 0) is 18.9 Å². The van der Waals surface area contributed by atoms with Crippen molar-refractivity contribution in [2.24, 2.45) is 0 Å². The maximum Gasteiger partial charge on any atom is 0.230 e. The largest absolute Gasteiger partial charge is 0.353 e. The molecule has 0 atom stereocenters. The standard InChI is InChI=1S/C20H20N6OS/c27-18(21-15-8-4-5-9-15)13-28-20-23-22-19-17-12-16(14-6-2-1-3-7-14)24-26(17)11-10-25(19)20/h1-3,6-7,10-12,15H,4-5,8-9,13H2,(H,21,27). The molecular weight excluding hydrogens is 372 g/mol. The molecule has 0 bridgehead atoms. The zero-order chi connectivity index (χ0) is 18.9. The van der Waals surface area contributed by atoms with Gasteiger partial charge in [0.25, 0.3) is 0 Å². The van der Waals surface area contributed by atoms with Crippen molar-refractivity contribution >= 4 is 28.8 Å². The van der Waals surface area contributed by atoms with Crippen LogP contribution in [0.5, 0.6) is 0 Å². The molecule has 1 fully saturated rings. The fraction of sp³-hybridized carbons (Fsp3) is 0.300. The second-order valence-electron chi connectivity index (χ2n) is 7.04. The molecule has 1 aromatic carbocycles. The molecule has 1 saturated carbocycles. The van der Waals surface area contributed by atoms with E-state index in [2.05, 4.69) is 20.6 Å². The van der Waals surface area contributed by atoms with Crippen molar-refractivity contribution in [2.45, 2.75) is 36.9 Å². The van der Waals surface area contributed by atoms with E-state index >= 15 is 0 Å². The number of rotatable bonds is 5. The number of carbonyl (C=O) groups is 1. The minimum absolute atomic E-state index is 0.0606. The van der Waals surface area contributed by atoms with Gasteiger partial charge in [0.05, 0.1) is 11.4 Å². The minimum atomic E-state index is 0.0606. The molecule has 0 aliphatic heterocycles. The van der Waals surface area contributed by atoms with Crippen LogP contribution < -0.4 is 5.32 Å². The first-order chi connectivity index (χ1) is 13.8. The molecule has 4 aromatic rings. The van der Waals surface area contributed by atoms with Crippen LogP contribution in [0.2, 0.25) is 0 Å². The number of hydrogen-bond donors (Lipinski definition) is 1. The predicted octanol–water partition coefficient (Wildman–Crippen LogP) is 3.19. The van der Waals surface area contributed by atoms with Crippen molar-refractivity contribution in [1.82, 2.24) is 29.5 Å². The molecule has 142 valence electrons. The lowest BCUT2D eigenvalue weighted by atomic mass is 10.1. The topological polar surface area (TPSA) is 76.6 Å². The molecule has 5 rings (SSSR count). The third-order valence-electron chi connectivity index (χ3n) is 5.11. The Morgan fingerprint density at radius 3 is 2.79 bits per heavy atom. The number of nitrogens with zero attached hydrogens (tertiary/aromatic N) is 5. The summed E-state index contributed by atoms with van der Waals surface area (Å²) in [6.07, 6.45) is 8.38. The summed E-state index contributed by atoms with van der Waals surface area (Å²) in [5.41, 5.74) is 3.57. The summed E-state index contributed by atoms with van der Waals surface area (Å²) < 4.78 is 3.73. The van der Waals surface area contributed by atoms with E-state index < -0.39 is 0 Å². The smallest absolute Gasteiger partial charge is 0.230 e. The number of amides is 1. The average Bonchev–Trinajstić information content (AvgIpc) is 3.45. The predicted molar refractivity (Wildman–Crippen MR) is 108 cm³/mol. The zero-order valence-corrected chi connectivity index (χ0v) is 16.1. The number of nitrogens with one attached hydrogen (secondary N) is 1. The molecule has 0 unspecified atom stereocenters. The molecule has 8 heteroatoms. The lowest BCUT2D eigenvalue weighted by molar-refractivity contribution is -0.119. The summed E-state index contributed by atoms with van der Waals surface area (Å²) in [6, 6.07) is 12.4. The van der Waals surface area contributed by atoms with Crippen LogP contribution in [0.25, 0.3) is 22.4 Å². The van der Waals surface area contributed by atoms with Crippen LogP contribution >= 0.6 is 11.8 Å². The number of hydrogen-bond acceptors (Lipinski definition) is 5. The van der Waals surface area contributed by atoms with Gasteiger partial charge < -0.3 is 5.32 Å². The van der Waals surface area contributed by atoms with Crippen molar-refractivity contribution in [3.05, 3.63) is 48.8 Å². The highest BCUT2D eigenvalue weighted by Gasteiger charge is 2.18. The van der Waals surface area contributed by atoms with E-state index in [9.17, 15) is 4.79 Å². The van der Waals surface area contributed by atoms with Gasteiger partial charge in [0.1, 0.15) is 5.52 Å². The Kier molecular flexibility index (Phi) is 4.48. The molecule has 1 aliphatic carbocycles. The summed E-state index contributed by atoms with van der Waals surface area (Å²) in [7, 11) is 0. The van der Waals surface area contributed by atoms with Gasteiger partial charge in [-0.1, -0.05) is 54.9 Å². The quantitative estimate of drug-likeness (QED) is 0.528. The highest BCUT2D eigenvalue weighted by atomic mass is 32.2. The highest BCUT2D eigenvalue weighted by Crippen LogP contribution is 2.24. The van der Waals surface area contributed by atoms with Gasteiger partial charge >= 0.3 is 0 Å². The summed E-state index contributed by atoms with van der Waals surface area (Å²) in [5, 5.41) is 17.1. The van der Waals surface area contributed by atoms with Crippen molar-refractivity contribution in [3.63, 3.8) is 0 Å². The van der Waals surface area contributed by atoms with E-state index in [4.69, 9.17) is 0 Å². The van der Waals surface area contributed by atoms with E-state index in [-0.39, 0.29) is 5.91 Å². The lowest BCUT2D eigenvalue weighted by Gasteiger charge is -2.10. The maximum absolute atomic E-state index is 12.2. The lowest BCUT2D eigenvalue weighted by Crippen LogP contribution is -2.33. The molecule has 0 spiro atoms. The van der Waals surface area contributed by atoms with Crippen LogP contribution in [0, 0.1) is 0 Å². The number of aromatic nitrogens is 5. The fourth-order valence-corrected chi connectivity index (χ4v) is 4.44. The SMILES string of the molecule is O=C(CSc1nnc2c3cc(-c4ccccc4)nn3ccn12)NC1CCCC1. The highest BCUT2D eigenvalue weighted by molar-refractivity contribution is 7.99. The van der Waals surface area contributed by atoms with Gasteiger partial charge in [0, 0.05) is 24.0 Å². The van der Waals surface area contributed by atoms with Gasteiger partial charge in [0.2, 0.25) is 5.91 Å². The van der Waals surface area contributed by atoms with E-state index in [1.165, 1.54) is 24.6 Å². The minimum Gasteiger partial charge on any atom is -0.353 e. The third-order valence-corrected chi connectivity index (χ3v) is 6.05. The van der Waals surface area contributed by atoms with E-state index in [0.717, 1.165) is 35.3 Å². The van der Waals surface area contributed by atoms with Crippen LogP contribution in [0.3, 0.4) is 0 Å². The molecule has 7 nitrogen and oxygen atoms in total. The number of carbonyl (C=O) groups excluding carboxylic acids is 1. The Hall–Kier alpha value is -2.87. The summed E-state index contributed by atoms with van der Waals surface area (Å²) in [6.45, 7) is 0. The van der Waals surface area contributed by atoms with Gasteiger partial charge in [-0.2, -0.15) is 5.10 Å². The zero-order valence-electron chi connectivity index (χ0n) is 15.3. The van der Waals surface area contributed by atoms with Gasteiger partial charge in [-0.25, -0.2) is 4.52 Å². The molecule has 0 radical (unpaired) electrons. The molecule has 28 heavy (non-hydrogen) atoms. The van der Waals surface area contributed by atoms with Crippen molar-refractivity contribution in [2.75, 3.05) is 5.75 Å². The Labute approximate surface area is 166 Å². The van der Waals surface area contributed by atoms with Crippen molar-refractivity contribution < 1.29 is 4.79 Å². The summed E-state index contributed by atoms with van der Waals surface area (Å²) >= 11 is 1.41. The normalized spacial score (nSPS) is 14.9. The van der Waals surface area contributed by atoms with Crippen LogP contribution in [-0.2, 0) is 4.79 Å². The molecule has 1 N–H and O–H groups in total. The van der Waals surface area contributed by atoms with Crippen molar-refractivity contribution in [1.29, 1.82) is 0 Å². The van der Waals surface area contributed by atoms with Gasteiger partial charge in [0.15, 0.2) is 10.8 Å². The molecule has 0 saturated heterocycles. The fourth-order valence-electron chi connectivity index (χ4n) is 3.71. The Morgan fingerprint density at radius 1 is 1.14 bits per heavy atom. The van der Waals surface area contributed by atoms with E-state index in [1.54, 1.807) is 0 Å². The molecule has 3 heterocycles. The molecule has 3 aromatic heterocycles. The van der Waals surface area contributed by atoms with Crippen LogP contribution in [0.1, 0.15) is 25.7 Å². The Bertz CT molecular complexity index is 1130. The summed E-state index contributed by atoms with van der Waals surface area (Å²) in [4.78, 5) is 12.2. The Morgan fingerprint density at radius 2 is 1.96 bits per heavy atom.